The van der Waals surface area contributed by atoms with Crippen molar-refractivity contribution in [3.05, 3.63) is 42.2 Å². The summed E-state index contributed by atoms with van der Waals surface area (Å²) in [5, 5.41) is 9.00. The molecule has 0 bridgehead atoms. The van der Waals surface area contributed by atoms with Crippen LogP contribution in [0.4, 0.5) is 11.5 Å². The standard InChI is InChI=1S/C19H21N5O/c1-25-19-18(21-8-9-22-19)23-10-6-15-7-11-24(17(15)13-23)16-4-2-14(12-20)3-5-16/h2-5,8-9,15,17H,6-7,10-11,13H2,1H3. The minimum atomic E-state index is 0.452. The van der Waals surface area contributed by atoms with Crippen LogP contribution in [-0.4, -0.2) is 42.8 Å². The smallest absolute Gasteiger partial charge is 0.257 e. The highest BCUT2D eigenvalue weighted by molar-refractivity contribution is 5.54. The van der Waals surface area contributed by atoms with E-state index in [1.54, 1.807) is 19.5 Å². The van der Waals surface area contributed by atoms with Gasteiger partial charge in [-0.15, -0.1) is 0 Å². The Morgan fingerprint density at radius 1 is 1.12 bits per heavy atom. The van der Waals surface area contributed by atoms with Crippen LogP contribution in [0.2, 0.25) is 0 Å². The highest BCUT2D eigenvalue weighted by Crippen LogP contribution is 2.37. The second kappa shape index (κ2) is 6.60. The quantitative estimate of drug-likeness (QED) is 0.858. The monoisotopic (exact) mass is 335 g/mol. The molecule has 25 heavy (non-hydrogen) atoms. The lowest BCUT2D eigenvalue weighted by Crippen LogP contribution is -2.48. The number of benzene rings is 1. The molecule has 2 aliphatic rings. The van der Waals surface area contributed by atoms with Gasteiger partial charge in [0.2, 0.25) is 0 Å². The molecule has 128 valence electrons. The maximum absolute atomic E-state index is 9.00. The lowest BCUT2D eigenvalue weighted by Gasteiger charge is -2.40. The Morgan fingerprint density at radius 2 is 1.88 bits per heavy atom. The second-order valence-corrected chi connectivity index (χ2v) is 6.59. The number of aromatic nitrogens is 2. The summed E-state index contributed by atoms with van der Waals surface area (Å²) < 4.78 is 5.39. The van der Waals surface area contributed by atoms with Crippen LogP contribution < -0.4 is 14.5 Å². The topological polar surface area (TPSA) is 65.3 Å². The van der Waals surface area contributed by atoms with E-state index in [1.165, 1.54) is 12.1 Å². The van der Waals surface area contributed by atoms with E-state index in [0.717, 1.165) is 31.9 Å². The fourth-order valence-corrected chi connectivity index (χ4v) is 4.06. The maximum atomic E-state index is 9.00. The lowest BCUT2D eigenvalue weighted by molar-refractivity contribution is 0.372. The summed E-state index contributed by atoms with van der Waals surface area (Å²) in [5.74, 6) is 2.12. The van der Waals surface area contributed by atoms with Gasteiger partial charge in [-0.3, -0.25) is 0 Å². The van der Waals surface area contributed by atoms with Crippen molar-refractivity contribution in [2.45, 2.75) is 18.9 Å². The van der Waals surface area contributed by atoms with Crippen molar-refractivity contribution < 1.29 is 4.74 Å². The van der Waals surface area contributed by atoms with Crippen LogP contribution in [0.15, 0.2) is 36.7 Å². The first-order valence-electron chi connectivity index (χ1n) is 8.67. The van der Waals surface area contributed by atoms with Gasteiger partial charge in [0.1, 0.15) is 0 Å². The number of methoxy groups -OCH3 is 1. The molecule has 2 saturated heterocycles. The summed E-state index contributed by atoms with van der Waals surface area (Å²) in [5.41, 5.74) is 1.90. The first kappa shape index (κ1) is 15.7. The lowest BCUT2D eigenvalue weighted by atomic mass is 9.92. The van der Waals surface area contributed by atoms with Gasteiger partial charge in [-0.2, -0.15) is 5.26 Å². The molecule has 6 heteroatoms. The van der Waals surface area contributed by atoms with Crippen LogP contribution in [0.3, 0.4) is 0 Å². The molecule has 0 spiro atoms. The van der Waals surface area contributed by atoms with E-state index < -0.39 is 0 Å². The molecular weight excluding hydrogens is 314 g/mol. The summed E-state index contributed by atoms with van der Waals surface area (Å²) in [4.78, 5) is 13.5. The minimum absolute atomic E-state index is 0.452. The molecule has 3 heterocycles. The molecule has 0 saturated carbocycles. The van der Waals surface area contributed by atoms with Crippen LogP contribution in [0.25, 0.3) is 0 Å². The summed E-state index contributed by atoms with van der Waals surface area (Å²) >= 11 is 0. The molecule has 2 aliphatic heterocycles. The maximum Gasteiger partial charge on any atom is 0.257 e. The van der Waals surface area contributed by atoms with E-state index in [0.29, 0.717) is 23.4 Å². The average Bonchev–Trinajstić information content (AvgIpc) is 3.11. The fraction of sp³-hybridized carbons (Fsp3) is 0.421. The molecule has 1 aromatic carbocycles. The van der Waals surface area contributed by atoms with Gasteiger partial charge in [-0.1, -0.05) is 0 Å². The van der Waals surface area contributed by atoms with Crippen LogP contribution >= 0.6 is 0 Å². The largest absolute Gasteiger partial charge is 0.478 e. The normalized spacial score (nSPS) is 22.4. The Bertz CT molecular complexity index is 785. The predicted molar refractivity (Wildman–Crippen MR) is 95.8 cm³/mol. The van der Waals surface area contributed by atoms with Crippen LogP contribution in [-0.2, 0) is 0 Å². The van der Waals surface area contributed by atoms with E-state index >= 15 is 0 Å². The zero-order chi connectivity index (χ0) is 17.2. The number of nitrogens with zero attached hydrogens (tertiary/aromatic N) is 5. The van der Waals surface area contributed by atoms with Gasteiger partial charge in [0.05, 0.1) is 18.7 Å². The third-order valence-corrected chi connectivity index (χ3v) is 5.33. The van der Waals surface area contributed by atoms with Gasteiger partial charge >= 0.3 is 0 Å². The van der Waals surface area contributed by atoms with E-state index in [-0.39, 0.29) is 0 Å². The molecule has 1 aromatic heterocycles. The minimum Gasteiger partial charge on any atom is -0.478 e. The third-order valence-electron chi connectivity index (χ3n) is 5.33. The van der Waals surface area contributed by atoms with E-state index in [4.69, 9.17) is 10.00 Å². The third kappa shape index (κ3) is 2.86. The summed E-state index contributed by atoms with van der Waals surface area (Å²) in [6.45, 7) is 2.96. The summed E-state index contributed by atoms with van der Waals surface area (Å²) in [6.07, 6.45) is 5.75. The molecule has 0 aliphatic carbocycles. The van der Waals surface area contributed by atoms with Crippen molar-refractivity contribution in [2.24, 2.45) is 5.92 Å². The Labute approximate surface area is 147 Å². The SMILES string of the molecule is COc1nccnc1N1CCC2CCN(c3ccc(C#N)cc3)C2C1. The number of ether oxygens (including phenoxy) is 1. The molecule has 0 radical (unpaired) electrons. The number of anilines is 2. The number of hydrogen-bond donors (Lipinski definition) is 0. The van der Waals surface area contributed by atoms with Gasteiger partial charge in [-0.25, -0.2) is 9.97 Å². The van der Waals surface area contributed by atoms with E-state index in [1.807, 2.05) is 12.1 Å². The van der Waals surface area contributed by atoms with Crippen LogP contribution in [0.5, 0.6) is 5.88 Å². The average molecular weight is 335 g/mol. The zero-order valence-electron chi connectivity index (χ0n) is 14.3. The predicted octanol–water partition coefficient (Wildman–Crippen LogP) is 2.46. The van der Waals surface area contributed by atoms with E-state index in [2.05, 4.69) is 38.0 Å². The second-order valence-electron chi connectivity index (χ2n) is 6.59. The number of fused-ring (bicyclic) bond motifs is 1. The molecule has 2 fully saturated rings. The number of piperidine rings is 1. The van der Waals surface area contributed by atoms with Crippen LogP contribution in [0, 0.1) is 17.2 Å². The first-order valence-corrected chi connectivity index (χ1v) is 8.67. The number of nitriles is 1. The van der Waals surface area contributed by atoms with Crippen LogP contribution in [0.1, 0.15) is 18.4 Å². The summed E-state index contributed by atoms with van der Waals surface area (Å²) in [7, 11) is 1.64. The van der Waals surface area contributed by atoms with Gasteiger partial charge in [0, 0.05) is 43.8 Å². The molecule has 6 nitrogen and oxygen atoms in total. The molecule has 2 aromatic rings. The highest BCUT2D eigenvalue weighted by Gasteiger charge is 2.39. The van der Waals surface area contributed by atoms with Gasteiger partial charge < -0.3 is 14.5 Å². The molecule has 2 unspecified atom stereocenters. The van der Waals surface area contributed by atoms with Crippen molar-refractivity contribution in [3.63, 3.8) is 0 Å². The van der Waals surface area contributed by atoms with Crippen molar-refractivity contribution >= 4 is 11.5 Å². The Kier molecular flexibility index (Phi) is 4.14. The van der Waals surface area contributed by atoms with Crippen molar-refractivity contribution in [2.75, 3.05) is 36.5 Å². The van der Waals surface area contributed by atoms with Gasteiger partial charge in [0.25, 0.3) is 5.88 Å². The Hall–Kier alpha value is -2.81. The molecular formula is C19H21N5O. The van der Waals surface area contributed by atoms with Gasteiger partial charge in [0.15, 0.2) is 5.82 Å². The van der Waals surface area contributed by atoms with Crippen molar-refractivity contribution in [3.8, 4) is 11.9 Å². The first-order chi connectivity index (χ1) is 12.3. The fourth-order valence-electron chi connectivity index (χ4n) is 4.06. The highest BCUT2D eigenvalue weighted by atomic mass is 16.5. The molecule has 0 N–H and O–H groups in total. The van der Waals surface area contributed by atoms with Gasteiger partial charge in [-0.05, 0) is 43.0 Å². The Balaban J connectivity index is 1.57. The summed E-state index contributed by atoms with van der Waals surface area (Å²) in [6, 6.07) is 10.6. The van der Waals surface area contributed by atoms with Crippen molar-refractivity contribution in [1.82, 2.24) is 9.97 Å². The van der Waals surface area contributed by atoms with Crippen molar-refractivity contribution in [1.29, 1.82) is 5.26 Å². The van der Waals surface area contributed by atoms with E-state index in [9.17, 15) is 0 Å². The Morgan fingerprint density at radius 3 is 2.64 bits per heavy atom. The number of rotatable bonds is 3. The molecule has 0 amide bonds. The number of hydrogen-bond acceptors (Lipinski definition) is 6. The zero-order valence-corrected chi connectivity index (χ0v) is 14.3. The molecule has 2 atom stereocenters. The molecule has 4 rings (SSSR count).